The molecule has 7 nitrogen and oxygen atoms in total. The molecule has 0 unspecified atom stereocenters. The second-order valence-corrected chi connectivity index (χ2v) is 7.15. The minimum absolute atomic E-state index is 0.101. The fourth-order valence-electron chi connectivity index (χ4n) is 2.88. The van der Waals surface area contributed by atoms with Crippen LogP contribution in [0.3, 0.4) is 0 Å². The fraction of sp³-hybridized carbons (Fsp3) is 0.100. The molecule has 0 aliphatic heterocycles. The van der Waals surface area contributed by atoms with Gasteiger partial charge in [-0.2, -0.15) is 5.10 Å². The van der Waals surface area contributed by atoms with Gasteiger partial charge in [0.2, 0.25) is 5.91 Å². The number of benzene rings is 2. The van der Waals surface area contributed by atoms with Gasteiger partial charge >= 0.3 is 0 Å². The first-order chi connectivity index (χ1) is 13.5. The zero-order valence-electron chi connectivity index (χ0n) is 15.0. The number of hydrogen-bond acceptors (Lipinski definition) is 4. The van der Waals surface area contributed by atoms with E-state index in [9.17, 15) is 9.59 Å². The number of nitrogens with zero attached hydrogens (tertiary/aromatic N) is 5. The molecule has 2 heterocycles. The van der Waals surface area contributed by atoms with Gasteiger partial charge in [-0.25, -0.2) is 9.67 Å². The molecule has 8 heteroatoms. The maximum Gasteiger partial charge on any atom is 0.264 e. The summed E-state index contributed by atoms with van der Waals surface area (Å²) >= 11 is 3.40. The Morgan fingerprint density at radius 1 is 1.11 bits per heavy atom. The van der Waals surface area contributed by atoms with Crippen LogP contribution in [0.2, 0.25) is 0 Å². The van der Waals surface area contributed by atoms with E-state index in [4.69, 9.17) is 0 Å². The highest BCUT2D eigenvalue weighted by molar-refractivity contribution is 9.10. The molecular weight excluding hydrogens is 422 g/mol. The predicted molar refractivity (Wildman–Crippen MR) is 111 cm³/mol. The number of halogens is 1. The number of likely N-dealkylation sites (N-methyl/N-ethyl adjacent to an activating group) is 1. The van der Waals surface area contributed by atoms with Crippen molar-refractivity contribution in [3.05, 3.63) is 81.9 Å². The standard InChI is InChI=1S/C20H16BrN5O2/c1-24(15-5-3-2-4-6-15)18(27)12-25-13-22-19-17(20(25)28)11-23-26(19)16-9-7-14(21)8-10-16/h2-11,13H,12H2,1H3. The summed E-state index contributed by atoms with van der Waals surface area (Å²) in [6.07, 6.45) is 2.87. The number of carbonyl (C=O) groups excluding carboxylic acids is 1. The molecule has 0 fully saturated rings. The topological polar surface area (TPSA) is 73.0 Å². The number of rotatable bonds is 4. The molecule has 1 amide bonds. The first-order valence-corrected chi connectivity index (χ1v) is 9.34. The van der Waals surface area contributed by atoms with Crippen LogP contribution in [0, 0.1) is 0 Å². The van der Waals surface area contributed by atoms with Crippen molar-refractivity contribution >= 4 is 38.6 Å². The maximum absolute atomic E-state index is 12.8. The zero-order valence-corrected chi connectivity index (χ0v) is 16.6. The van der Waals surface area contributed by atoms with E-state index in [2.05, 4.69) is 26.0 Å². The molecule has 0 aliphatic carbocycles. The second kappa shape index (κ2) is 7.40. The lowest BCUT2D eigenvalue weighted by Crippen LogP contribution is -2.34. The van der Waals surface area contributed by atoms with Crippen molar-refractivity contribution in [2.75, 3.05) is 11.9 Å². The lowest BCUT2D eigenvalue weighted by Gasteiger charge is -2.17. The van der Waals surface area contributed by atoms with Crippen LogP contribution in [0.5, 0.6) is 0 Å². The van der Waals surface area contributed by atoms with Crippen molar-refractivity contribution < 1.29 is 4.79 Å². The molecule has 0 bridgehead atoms. The molecule has 28 heavy (non-hydrogen) atoms. The number of carbonyl (C=O) groups is 1. The van der Waals surface area contributed by atoms with Gasteiger partial charge < -0.3 is 4.90 Å². The smallest absolute Gasteiger partial charge is 0.264 e. The van der Waals surface area contributed by atoms with Crippen LogP contribution in [0.4, 0.5) is 5.69 Å². The third kappa shape index (κ3) is 3.34. The minimum Gasteiger partial charge on any atom is -0.314 e. The molecule has 0 atom stereocenters. The van der Waals surface area contributed by atoms with E-state index in [1.165, 1.54) is 22.0 Å². The van der Waals surface area contributed by atoms with Gasteiger partial charge in [0, 0.05) is 17.2 Å². The SMILES string of the molecule is CN(C(=O)Cn1cnc2c(cnn2-c2ccc(Br)cc2)c1=O)c1ccccc1. The van der Waals surface area contributed by atoms with Crippen molar-refractivity contribution in [1.82, 2.24) is 19.3 Å². The molecule has 140 valence electrons. The van der Waals surface area contributed by atoms with E-state index in [1.54, 1.807) is 11.7 Å². The van der Waals surface area contributed by atoms with Crippen molar-refractivity contribution in [3.8, 4) is 5.69 Å². The van der Waals surface area contributed by atoms with E-state index in [1.807, 2.05) is 54.6 Å². The van der Waals surface area contributed by atoms with Gasteiger partial charge in [-0.15, -0.1) is 0 Å². The quantitative estimate of drug-likeness (QED) is 0.491. The number of amides is 1. The molecule has 0 spiro atoms. The van der Waals surface area contributed by atoms with Crippen molar-refractivity contribution in [1.29, 1.82) is 0 Å². The summed E-state index contributed by atoms with van der Waals surface area (Å²) in [5, 5.41) is 4.65. The van der Waals surface area contributed by atoms with Crippen LogP contribution in [0.1, 0.15) is 0 Å². The average molecular weight is 438 g/mol. The Hall–Kier alpha value is -3.26. The van der Waals surface area contributed by atoms with Gasteiger partial charge in [0.15, 0.2) is 5.65 Å². The molecule has 4 rings (SSSR count). The summed E-state index contributed by atoms with van der Waals surface area (Å²) in [7, 11) is 1.68. The molecule has 0 radical (unpaired) electrons. The minimum atomic E-state index is -0.303. The summed E-state index contributed by atoms with van der Waals surface area (Å²) in [5.74, 6) is -0.213. The summed E-state index contributed by atoms with van der Waals surface area (Å²) in [6.45, 7) is -0.101. The molecule has 0 N–H and O–H groups in total. The molecule has 2 aromatic heterocycles. The molecular formula is C20H16BrN5O2. The van der Waals surface area contributed by atoms with Gasteiger partial charge in [0.1, 0.15) is 18.3 Å². The van der Waals surface area contributed by atoms with Crippen LogP contribution < -0.4 is 10.5 Å². The van der Waals surface area contributed by atoms with Crippen molar-refractivity contribution in [2.45, 2.75) is 6.54 Å². The normalized spacial score (nSPS) is 10.9. The van der Waals surface area contributed by atoms with Gasteiger partial charge in [-0.3, -0.25) is 14.2 Å². The summed E-state index contributed by atoms with van der Waals surface area (Å²) < 4.78 is 3.85. The Bertz CT molecular complexity index is 1200. The lowest BCUT2D eigenvalue weighted by molar-refractivity contribution is -0.118. The van der Waals surface area contributed by atoms with E-state index < -0.39 is 0 Å². The Morgan fingerprint density at radius 3 is 2.54 bits per heavy atom. The molecule has 4 aromatic rings. The fourth-order valence-corrected chi connectivity index (χ4v) is 3.14. The van der Waals surface area contributed by atoms with Crippen LogP contribution in [-0.2, 0) is 11.3 Å². The van der Waals surface area contributed by atoms with E-state index >= 15 is 0 Å². The number of para-hydroxylation sites is 1. The Morgan fingerprint density at radius 2 is 1.82 bits per heavy atom. The largest absolute Gasteiger partial charge is 0.314 e. The van der Waals surface area contributed by atoms with E-state index in [0.29, 0.717) is 11.0 Å². The van der Waals surface area contributed by atoms with Gasteiger partial charge in [0.05, 0.1) is 11.9 Å². The third-order valence-electron chi connectivity index (χ3n) is 4.45. The summed E-state index contributed by atoms with van der Waals surface area (Å²) in [4.78, 5) is 31.3. The van der Waals surface area contributed by atoms with Crippen LogP contribution in [0.25, 0.3) is 16.7 Å². The van der Waals surface area contributed by atoms with Gasteiger partial charge in [-0.05, 0) is 36.4 Å². The highest BCUT2D eigenvalue weighted by Gasteiger charge is 2.16. The van der Waals surface area contributed by atoms with E-state index in [-0.39, 0.29) is 18.0 Å². The Balaban J connectivity index is 1.65. The highest BCUT2D eigenvalue weighted by Crippen LogP contribution is 2.17. The van der Waals surface area contributed by atoms with Crippen LogP contribution in [-0.4, -0.2) is 32.3 Å². The Labute approximate surface area is 169 Å². The van der Waals surface area contributed by atoms with Crippen molar-refractivity contribution in [3.63, 3.8) is 0 Å². The first kappa shape index (κ1) is 18.1. The molecule has 2 aromatic carbocycles. The number of aromatic nitrogens is 4. The van der Waals surface area contributed by atoms with Gasteiger partial charge in [-0.1, -0.05) is 34.1 Å². The number of fused-ring (bicyclic) bond motifs is 1. The number of hydrogen-bond donors (Lipinski definition) is 0. The summed E-state index contributed by atoms with van der Waals surface area (Å²) in [6, 6.07) is 16.8. The first-order valence-electron chi connectivity index (χ1n) is 8.55. The predicted octanol–water partition coefficient (Wildman–Crippen LogP) is 3.01. The third-order valence-corrected chi connectivity index (χ3v) is 4.98. The van der Waals surface area contributed by atoms with Gasteiger partial charge in [0.25, 0.3) is 5.56 Å². The average Bonchev–Trinajstić information content (AvgIpc) is 3.15. The van der Waals surface area contributed by atoms with Crippen LogP contribution in [0.15, 0.2) is 76.4 Å². The maximum atomic E-state index is 12.8. The molecule has 0 saturated heterocycles. The van der Waals surface area contributed by atoms with Crippen LogP contribution >= 0.6 is 15.9 Å². The highest BCUT2D eigenvalue weighted by atomic mass is 79.9. The van der Waals surface area contributed by atoms with Crippen molar-refractivity contribution in [2.24, 2.45) is 0 Å². The van der Waals surface area contributed by atoms with E-state index in [0.717, 1.165) is 15.8 Å². The molecule has 0 aliphatic rings. The Kier molecular flexibility index (Phi) is 4.79. The lowest BCUT2D eigenvalue weighted by atomic mass is 10.3. The molecule has 0 saturated carbocycles. The summed E-state index contributed by atoms with van der Waals surface area (Å²) in [5.41, 5.74) is 1.70. The second-order valence-electron chi connectivity index (χ2n) is 6.24. The number of anilines is 1. The monoisotopic (exact) mass is 437 g/mol. The zero-order chi connectivity index (χ0) is 19.7.